The fourth-order valence-electron chi connectivity index (χ4n) is 1.86. The van der Waals surface area contributed by atoms with Crippen LogP contribution in [0.15, 0.2) is 24.3 Å². The lowest BCUT2D eigenvalue weighted by Gasteiger charge is -2.15. The summed E-state index contributed by atoms with van der Waals surface area (Å²) >= 11 is 0. The summed E-state index contributed by atoms with van der Waals surface area (Å²) in [6, 6.07) is 7.50. The highest BCUT2D eigenvalue weighted by molar-refractivity contribution is 5.39. The molecule has 1 aliphatic heterocycles. The van der Waals surface area contributed by atoms with Crippen molar-refractivity contribution in [2.45, 2.75) is 32.0 Å². The second-order valence-electron chi connectivity index (χ2n) is 4.55. The highest BCUT2D eigenvalue weighted by Crippen LogP contribution is 2.27. The molecule has 1 heterocycles. The number of hydrogen-bond acceptors (Lipinski definition) is 4. The van der Waals surface area contributed by atoms with Crippen molar-refractivity contribution in [3.8, 4) is 11.5 Å². The minimum absolute atomic E-state index is 0.190. The summed E-state index contributed by atoms with van der Waals surface area (Å²) in [5.41, 5.74) is 0. The third-order valence-electron chi connectivity index (χ3n) is 2.78. The number of para-hydroxylation sites is 2. The van der Waals surface area contributed by atoms with Gasteiger partial charge in [-0.2, -0.15) is 0 Å². The molecule has 1 aromatic rings. The van der Waals surface area contributed by atoms with Crippen LogP contribution in [-0.2, 0) is 4.74 Å². The van der Waals surface area contributed by atoms with Crippen LogP contribution in [0.4, 0.5) is 0 Å². The van der Waals surface area contributed by atoms with Gasteiger partial charge in [-0.1, -0.05) is 12.1 Å². The van der Waals surface area contributed by atoms with Crippen LogP contribution < -0.4 is 9.47 Å². The van der Waals surface area contributed by atoms with Crippen LogP contribution in [0.3, 0.4) is 0 Å². The SMILES string of the molecule is CC(O)COc1ccccc1OCC1CCCO1. The molecule has 0 amide bonds. The first-order valence-electron chi connectivity index (χ1n) is 6.40. The Kier molecular flexibility index (Phi) is 4.84. The Labute approximate surface area is 107 Å². The zero-order chi connectivity index (χ0) is 12.8. The first-order chi connectivity index (χ1) is 8.75. The Morgan fingerprint density at radius 2 is 2.06 bits per heavy atom. The predicted octanol–water partition coefficient (Wildman–Crippen LogP) is 2.00. The van der Waals surface area contributed by atoms with Crippen molar-refractivity contribution in [1.82, 2.24) is 0 Å². The fraction of sp³-hybridized carbons (Fsp3) is 0.571. The van der Waals surface area contributed by atoms with Gasteiger partial charge in [0.25, 0.3) is 0 Å². The van der Waals surface area contributed by atoms with Gasteiger partial charge in [0.2, 0.25) is 0 Å². The molecule has 100 valence electrons. The number of benzene rings is 1. The zero-order valence-electron chi connectivity index (χ0n) is 10.7. The normalized spacial score (nSPS) is 20.7. The highest BCUT2D eigenvalue weighted by Gasteiger charge is 2.17. The standard InChI is InChI=1S/C14H20O4/c1-11(15)9-17-13-6-2-3-7-14(13)18-10-12-5-4-8-16-12/h2-3,6-7,11-12,15H,4-5,8-10H2,1H3. The van der Waals surface area contributed by atoms with Gasteiger partial charge >= 0.3 is 0 Å². The molecule has 1 N–H and O–H groups in total. The van der Waals surface area contributed by atoms with Crippen LogP contribution in [0, 0.1) is 0 Å². The van der Waals surface area contributed by atoms with E-state index in [0.29, 0.717) is 18.1 Å². The zero-order valence-corrected chi connectivity index (χ0v) is 10.7. The number of ether oxygens (including phenoxy) is 3. The largest absolute Gasteiger partial charge is 0.487 e. The molecule has 18 heavy (non-hydrogen) atoms. The maximum Gasteiger partial charge on any atom is 0.161 e. The predicted molar refractivity (Wildman–Crippen MR) is 68.1 cm³/mol. The summed E-state index contributed by atoms with van der Waals surface area (Å²) in [4.78, 5) is 0. The molecule has 1 aliphatic rings. The number of rotatable bonds is 6. The molecule has 0 spiro atoms. The minimum atomic E-state index is -0.490. The molecule has 2 unspecified atom stereocenters. The third kappa shape index (κ3) is 3.89. The van der Waals surface area contributed by atoms with Crippen molar-refractivity contribution < 1.29 is 19.3 Å². The second kappa shape index (κ2) is 6.61. The van der Waals surface area contributed by atoms with Gasteiger partial charge in [-0.3, -0.25) is 0 Å². The minimum Gasteiger partial charge on any atom is -0.487 e. The molecule has 4 nitrogen and oxygen atoms in total. The Hall–Kier alpha value is -1.26. The lowest BCUT2D eigenvalue weighted by atomic mass is 10.2. The van der Waals surface area contributed by atoms with E-state index in [9.17, 15) is 5.11 Å². The maximum absolute atomic E-state index is 9.22. The van der Waals surface area contributed by atoms with E-state index in [1.54, 1.807) is 6.92 Å². The quantitative estimate of drug-likeness (QED) is 0.841. The molecule has 2 atom stereocenters. The van der Waals surface area contributed by atoms with E-state index in [1.807, 2.05) is 24.3 Å². The van der Waals surface area contributed by atoms with Gasteiger partial charge in [0, 0.05) is 6.61 Å². The molecular formula is C14H20O4. The Balaban J connectivity index is 1.89. The van der Waals surface area contributed by atoms with E-state index < -0.39 is 6.10 Å². The van der Waals surface area contributed by atoms with Crippen LogP contribution in [0.1, 0.15) is 19.8 Å². The molecule has 2 rings (SSSR count). The van der Waals surface area contributed by atoms with Crippen molar-refractivity contribution in [3.05, 3.63) is 24.3 Å². The van der Waals surface area contributed by atoms with Crippen LogP contribution >= 0.6 is 0 Å². The van der Waals surface area contributed by atoms with Crippen LogP contribution in [0.2, 0.25) is 0 Å². The highest BCUT2D eigenvalue weighted by atomic mass is 16.6. The molecule has 0 bridgehead atoms. The van der Waals surface area contributed by atoms with Crippen molar-refractivity contribution in [2.75, 3.05) is 19.8 Å². The average Bonchev–Trinajstić information content (AvgIpc) is 2.88. The van der Waals surface area contributed by atoms with Gasteiger partial charge in [0.1, 0.15) is 13.2 Å². The Morgan fingerprint density at radius 1 is 1.33 bits per heavy atom. The summed E-state index contributed by atoms with van der Waals surface area (Å²) in [5, 5.41) is 9.22. The summed E-state index contributed by atoms with van der Waals surface area (Å²) < 4.78 is 16.7. The van der Waals surface area contributed by atoms with Crippen molar-refractivity contribution >= 4 is 0 Å². The lowest BCUT2D eigenvalue weighted by Crippen LogP contribution is -2.17. The van der Waals surface area contributed by atoms with E-state index >= 15 is 0 Å². The third-order valence-corrected chi connectivity index (χ3v) is 2.78. The first kappa shape index (κ1) is 13.2. The average molecular weight is 252 g/mol. The van der Waals surface area contributed by atoms with E-state index in [4.69, 9.17) is 14.2 Å². The van der Waals surface area contributed by atoms with E-state index in [2.05, 4.69) is 0 Å². The molecule has 0 saturated carbocycles. The Bertz CT molecular complexity index is 359. The molecule has 1 fully saturated rings. The lowest BCUT2D eigenvalue weighted by molar-refractivity contribution is 0.0653. The monoisotopic (exact) mass is 252 g/mol. The Morgan fingerprint density at radius 3 is 2.67 bits per heavy atom. The molecule has 0 radical (unpaired) electrons. The molecule has 0 aliphatic carbocycles. The molecule has 0 aromatic heterocycles. The molecule has 1 saturated heterocycles. The number of aliphatic hydroxyl groups is 1. The summed E-state index contributed by atoms with van der Waals surface area (Å²) in [6.07, 6.45) is 1.86. The van der Waals surface area contributed by atoms with Crippen molar-refractivity contribution in [1.29, 1.82) is 0 Å². The summed E-state index contributed by atoms with van der Waals surface area (Å²) in [5.74, 6) is 1.37. The maximum atomic E-state index is 9.22. The van der Waals surface area contributed by atoms with Crippen LogP contribution in [0.25, 0.3) is 0 Å². The van der Waals surface area contributed by atoms with Gasteiger partial charge < -0.3 is 19.3 Å². The summed E-state index contributed by atoms with van der Waals surface area (Å²) in [6.45, 7) is 3.33. The van der Waals surface area contributed by atoms with E-state index in [0.717, 1.165) is 19.4 Å². The van der Waals surface area contributed by atoms with Crippen molar-refractivity contribution in [2.24, 2.45) is 0 Å². The number of hydrogen-bond donors (Lipinski definition) is 1. The van der Waals surface area contributed by atoms with Gasteiger partial charge in [-0.25, -0.2) is 0 Å². The van der Waals surface area contributed by atoms with Crippen LogP contribution in [0.5, 0.6) is 11.5 Å². The van der Waals surface area contributed by atoms with Gasteiger partial charge in [-0.05, 0) is 31.9 Å². The van der Waals surface area contributed by atoms with Gasteiger partial charge in [0.05, 0.1) is 12.2 Å². The smallest absolute Gasteiger partial charge is 0.161 e. The number of aliphatic hydroxyl groups excluding tert-OH is 1. The molecular weight excluding hydrogens is 232 g/mol. The van der Waals surface area contributed by atoms with Gasteiger partial charge in [-0.15, -0.1) is 0 Å². The first-order valence-corrected chi connectivity index (χ1v) is 6.40. The molecule has 1 aromatic carbocycles. The summed E-state index contributed by atoms with van der Waals surface area (Å²) in [7, 11) is 0. The van der Waals surface area contributed by atoms with Gasteiger partial charge in [0.15, 0.2) is 11.5 Å². The fourth-order valence-corrected chi connectivity index (χ4v) is 1.86. The topological polar surface area (TPSA) is 47.9 Å². The second-order valence-corrected chi connectivity index (χ2v) is 4.55. The molecule has 4 heteroatoms. The van der Waals surface area contributed by atoms with E-state index in [-0.39, 0.29) is 12.7 Å². The van der Waals surface area contributed by atoms with Crippen LogP contribution in [-0.4, -0.2) is 37.1 Å². The van der Waals surface area contributed by atoms with E-state index in [1.165, 1.54) is 0 Å². The van der Waals surface area contributed by atoms with Crippen molar-refractivity contribution in [3.63, 3.8) is 0 Å².